The van der Waals surface area contributed by atoms with Crippen LogP contribution >= 0.6 is 0 Å². The van der Waals surface area contributed by atoms with Crippen molar-refractivity contribution >= 4 is 10.8 Å². The average Bonchev–Trinajstić information content (AvgIpc) is 2.86. The summed E-state index contributed by atoms with van der Waals surface area (Å²) in [6, 6.07) is 15.6. The fourth-order valence-electron chi connectivity index (χ4n) is 4.20. The molecule has 0 aromatic heterocycles. The molecular weight excluding hydrogens is 471 g/mol. The van der Waals surface area contributed by atoms with Gasteiger partial charge >= 0.3 is 0 Å². The first-order valence-corrected chi connectivity index (χ1v) is 12.1. The fourth-order valence-corrected chi connectivity index (χ4v) is 4.20. The number of halogens is 5. The van der Waals surface area contributed by atoms with E-state index in [9.17, 15) is 17.6 Å². The van der Waals surface area contributed by atoms with Crippen molar-refractivity contribution in [3.63, 3.8) is 0 Å². The van der Waals surface area contributed by atoms with E-state index in [2.05, 4.69) is 6.92 Å². The molecule has 6 heteroatoms. The number of rotatable bonds is 10. The van der Waals surface area contributed by atoms with E-state index in [1.165, 1.54) is 6.07 Å². The molecule has 4 aromatic carbocycles. The molecule has 0 bridgehead atoms. The second kappa shape index (κ2) is 11.5. The van der Waals surface area contributed by atoms with Gasteiger partial charge in [-0.1, -0.05) is 49.7 Å². The van der Waals surface area contributed by atoms with Crippen molar-refractivity contribution in [3.05, 3.63) is 112 Å². The molecule has 188 valence electrons. The predicted octanol–water partition coefficient (Wildman–Crippen LogP) is 8.28. The van der Waals surface area contributed by atoms with Gasteiger partial charge in [-0.3, -0.25) is 0 Å². The van der Waals surface area contributed by atoms with E-state index >= 15 is 4.39 Å². The number of benzene rings is 4. The molecule has 0 aliphatic rings. The van der Waals surface area contributed by atoms with E-state index in [4.69, 9.17) is 4.74 Å². The standard InChI is InChI=1S/C30H27F5O/c1-2-3-14-36-24-12-11-21(26(31)18-24)7-4-19-6-13-25-23(15-19)10-9-22(29(25)34)8-5-20-16-27(32)30(35)28(33)17-20/h6,9-13,15-18H,2-5,7-8,14H2,1H3. The first-order valence-electron chi connectivity index (χ1n) is 12.1. The minimum atomic E-state index is -1.51. The summed E-state index contributed by atoms with van der Waals surface area (Å²) in [7, 11) is 0. The molecule has 0 spiro atoms. The summed E-state index contributed by atoms with van der Waals surface area (Å²) in [4.78, 5) is 0. The third-order valence-electron chi connectivity index (χ3n) is 6.30. The van der Waals surface area contributed by atoms with Crippen LogP contribution in [-0.2, 0) is 25.7 Å². The number of unbranched alkanes of at least 4 members (excludes halogenated alkanes) is 1. The van der Waals surface area contributed by atoms with Crippen LogP contribution in [0.25, 0.3) is 10.8 Å². The van der Waals surface area contributed by atoms with Crippen LogP contribution in [0.2, 0.25) is 0 Å². The largest absolute Gasteiger partial charge is 0.493 e. The zero-order valence-electron chi connectivity index (χ0n) is 20.0. The highest BCUT2D eigenvalue weighted by Crippen LogP contribution is 2.25. The van der Waals surface area contributed by atoms with Crippen molar-refractivity contribution in [1.82, 2.24) is 0 Å². The van der Waals surface area contributed by atoms with Crippen molar-refractivity contribution in [2.75, 3.05) is 6.61 Å². The number of ether oxygens (including phenoxy) is 1. The van der Waals surface area contributed by atoms with Crippen LogP contribution in [0.1, 0.15) is 42.0 Å². The third kappa shape index (κ3) is 6.04. The molecule has 0 amide bonds. The molecule has 0 unspecified atom stereocenters. The Morgan fingerprint density at radius 3 is 2.03 bits per heavy atom. The molecule has 0 saturated carbocycles. The van der Waals surface area contributed by atoms with Crippen LogP contribution in [-0.4, -0.2) is 6.61 Å². The Morgan fingerprint density at radius 1 is 0.611 bits per heavy atom. The monoisotopic (exact) mass is 498 g/mol. The molecule has 1 nitrogen and oxygen atoms in total. The first kappa shape index (κ1) is 25.7. The number of aryl methyl sites for hydroxylation is 4. The molecule has 4 rings (SSSR count). The van der Waals surface area contributed by atoms with Gasteiger partial charge in [0.1, 0.15) is 17.4 Å². The lowest BCUT2D eigenvalue weighted by atomic mass is 9.97. The second-order valence-corrected chi connectivity index (χ2v) is 8.92. The van der Waals surface area contributed by atoms with Crippen LogP contribution in [0, 0.1) is 29.1 Å². The predicted molar refractivity (Wildman–Crippen MR) is 132 cm³/mol. The van der Waals surface area contributed by atoms with E-state index in [1.54, 1.807) is 30.3 Å². The molecule has 36 heavy (non-hydrogen) atoms. The average molecular weight is 499 g/mol. The summed E-state index contributed by atoms with van der Waals surface area (Å²) < 4.78 is 75.2. The zero-order chi connectivity index (χ0) is 25.7. The van der Waals surface area contributed by atoms with E-state index in [1.807, 2.05) is 12.1 Å². The minimum absolute atomic E-state index is 0.169. The van der Waals surface area contributed by atoms with Crippen LogP contribution < -0.4 is 4.74 Å². The van der Waals surface area contributed by atoms with Gasteiger partial charge in [-0.2, -0.15) is 0 Å². The lowest BCUT2D eigenvalue weighted by molar-refractivity contribution is 0.307. The zero-order valence-corrected chi connectivity index (χ0v) is 20.0. The summed E-state index contributed by atoms with van der Waals surface area (Å²) in [5, 5.41) is 1.15. The lowest BCUT2D eigenvalue weighted by Gasteiger charge is -2.10. The van der Waals surface area contributed by atoms with E-state index in [0.717, 1.165) is 30.5 Å². The van der Waals surface area contributed by atoms with E-state index in [0.29, 0.717) is 47.1 Å². The molecule has 0 heterocycles. The van der Waals surface area contributed by atoms with Crippen LogP contribution in [0.15, 0.2) is 60.7 Å². The Kier molecular flexibility index (Phi) is 8.24. The maximum absolute atomic E-state index is 15.1. The maximum atomic E-state index is 15.1. The highest BCUT2D eigenvalue weighted by atomic mass is 19.2. The molecule has 0 fully saturated rings. The van der Waals surface area contributed by atoms with Crippen molar-refractivity contribution in [2.45, 2.75) is 45.4 Å². The molecule has 0 aliphatic carbocycles. The van der Waals surface area contributed by atoms with Crippen molar-refractivity contribution in [1.29, 1.82) is 0 Å². The molecule has 0 N–H and O–H groups in total. The Hall–Kier alpha value is -3.41. The maximum Gasteiger partial charge on any atom is 0.194 e. The summed E-state index contributed by atoms with van der Waals surface area (Å²) in [6.45, 7) is 2.63. The molecular formula is C30H27F5O. The Labute approximate surface area is 207 Å². The van der Waals surface area contributed by atoms with Crippen molar-refractivity contribution < 1.29 is 26.7 Å². The van der Waals surface area contributed by atoms with Gasteiger partial charge in [0.05, 0.1) is 6.61 Å². The SMILES string of the molecule is CCCCOc1ccc(CCc2ccc3c(F)c(CCc4cc(F)c(F)c(F)c4)ccc3c2)c(F)c1. The smallest absolute Gasteiger partial charge is 0.194 e. The number of hydrogen-bond acceptors (Lipinski definition) is 1. The van der Waals surface area contributed by atoms with Crippen LogP contribution in [0.5, 0.6) is 5.75 Å². The quantitative estimate of drug-likeness (QED) is 0.121. The van der Waals surface area contributed by atoms with Crippen LogP contribution in [0.3, 0.4) is 0 Å². The van der Waals surface area contributed by atoms with Gasteiger partial charge in [-0.15, -0.1) is 0 Å². The van der Waals surface area contributed by atoms with Crippen LogP contribution in [0.4, 0.5) is 22.0 Å². The Balaban J connectivity index is 1.42. The Bertz CT molecular complexity index is 1340. The lowest BCUT2D eigenvalue weighted by Crippen LogP contribution is -2.00. The topological polar surface area (TPSA) is 9.23 Å². The van der Waals surface area contributed by atoms with Crippen molar-refractivity contribution in [2.24, 2.45) is 0 Å². The molecule has 0 atom stereocenters. The van der Waals surface area contributed by atoms with Gasteiger partial charge in [-0.25, -0.2) is 22.0 Å². The number of fused-ring (bicyclic) bond motifs is 1. The summed E-state index contributed by atoms with van der Waals surface area (Å²) in [5.41, 5.74) is 2.21. The molecule has 0 aliphatic heterocycles. The summed E-state index contributed by atoms with van der Waals surface area (Å²) in [6.07, 6.45) is 3.40. The summed E-state index contributed by atoms with van der Waals surface area (Å²) >= 11 is 0. The van der Waals surface area contributed by atoms with Gasteiger partial charge in [0.25, 0.3) is 0 Å². The molecule has 0 radical (unpaired) electrons. The van der Waals surface area contributed by atoms with Crippen molar-refractivity contribution in [3.8, 4) is 5.75 Å². The first-order chi connectivity index (χ1) is 17.4. The molecule has 0 saturated heterocycles. The number of hydrogen-bond donors (Lipinski definition) is 0. The molecule has 4 aromatic rings. The fraction of sp³-hybridized carbons (Fsp3) is 0.267. The highest BCUT2D eigenvalue weighted by Gasteiger charge is 2.13. The Morgan fingerprint density at radius 2 is 1.31 bits per heavy atom. The third-order valence-corrected chi connectivity index (χ3v) is 6.30. The van der Waals surface area contributed by atoms with Gasteiger partial charge in [0.15, 0.2) is 17.5 Å². The normalized spacial score (nSPS) is 11.3. The second-order valence-electron chi connectivity index (χ2n) is 8.92. The highest BCUT2D eigenvalue weighted by molar-refractivity contribution is 5.84. The minimum Gasteiger partial charge on any atom is -0.493 e. The van der Waals surface area contributed by atoms with E-state index in [-0.39, 0.29) is 24.2 Å². The van der Waals surface area contributed by atoms with E-state index < -0.39 is 23.3 Å². The summed E-state index contributed by atoms with van der Waals surface area (Å²) in [5.74, 6) is -4.20. The van der Waals surface area contributed by atoms with Gasteiger partial charge in [0.2, 0.25) is 0 Å². The van der Waals surface area contributed by atoms with Gasteiger partial charge in [0, 0.05) is 11.5 Å². The van der Waals surface area contributed by atoms with Gasteiger partial charge in [-0.05, 0) is 77.9 Å². The van der Waals surface area contributed by atoms with Gasteiger partial charge < -0.3 is 4.74 Å².